The van der Waals surface area contributed by atoms with Crippen molar-refractivity contribution in [3.63, 3.8) is 0 Å². The van der Waals surface area contributed by atoms with Crippen molar-refractivity contribution in [2.75, 3.05) is 19.6 Å². The van der Waals surface area contributed by atoms with Crippen LogP contribution in [0.4, 0.5) is 0 Å². The van der Waals surface area contributed by atoms with E-state index >= 15 is 0 Å². The minimum atomic E-state index is 0.0372. The van der Waals surface area contributed by atoms with Crippen molar-refractivity contribution < 1.29 is 4.79 Å². The van der Waals surface area contributed by atoms with Crippen molar-refractivity contribution >= 4 is 34.3 Å². The fraction of sp³-hybridized carbons (Fsp3) is 0.412. The maximum absolute atomic E-state index is 12.8. The Balaban J connectivity index is 1.84. The molecule has 23 heavy (non-hydrogen) atoms. The van der Waals surface area contributed by atoms with Crippen molar-refractivity contribution in [1.82, 2.24) is 9.91 Å². The summed E-state index contributed by atoms with van der Waals surface area (Å²) in [6.45, 7) is 6.34. The van der Waals surface area contributed by atoms with Crippen LogP contribution in [-0.4, -0.2) is 41.2 Å². The maximum Gasteiger partial charge on any atom is 0.257 e. The zero-order valence-electron chi connectivity index (χ0n) is 13.4. The molecule has 1 aliphatic heterocycles. The van der Waals surface area contributed by atoms with E-state index in [-0.39, 0.29) is 11.9 Å². The lowest BCUT2D eigenvalue weighted by atomic mass is 10.1. The fourth-order valence-electron chi connectivity index (χ4n) is 2.75. The summed E-state index contributed by atoms with van der Waals surface area (Å²) in [6, 6.07) is 8.28. The summed E-state index contributed by atoms with van der Waals surface area (Å²) in [7, 11) is 0. The van der Waals surface area contributed by atoms with Gasteiger partial charge in [0.1, 0.15) is 0 Å². The third kappa shape index (κ3) is 3.54. The lowest BCUT2D eigenvalue weighted by Crippen LogP contribution is -2.37. The topological polar surface area (TPSA) is 35.9 Å². The molecule has 0 spiro atoms. The Kier molecular flexibility index (Phi) is 5.25. The second-order valence-electron chi connectivity index (χ2n) is 5.46. The SMILES string of the molecule is CCN(CC)CC(=O)N1N=C(c2cccs2)CC1c1cccs1. The Hall–Kier alpha value is -1.50. The largest absolute Gasteiger partial charge is 0.295 e. The molecule has 2 aromatic rings. The molecule has 2 aromatic heterocycles. The lowest BCUT2D eigenvalue weighted by molar-refractivity contribution is -0.134. The highest BCUT2D eigenvalue weighted by Gasteiger charge is 2.34. The second kappa shape index (κ2) is 7.38. The first-order valence-electron chi connectivity index (χ1n) is 7.92. The molecule has 1 atom stereocenters. The van der Waals surface area contributed by atoms with Crippen molar-refractivity contribution in [3.05, 3.63) is 44.8 Å². The van der Waals surface area contributed by atoms with Crippen LogP contribution in [0.2, 0.25) is 0 Å². The van der Waals surface area contributed by atoms with Crippen LogP contribution in [0.5, 0.6) is 0 Å². The van der Waals surface area contributed by atoms with Crippen LogP contribution >= 0.6 is 22.7 Å². The molecule has 0 saturated heterocycles. The third-order valence-electron chi connectivity index (χ3n) is 4.10. The lowest BCUT2D eigenvalue weighted by Gasteiger charge is -2.24. The van der Waals surface area contributed by atoms with Gasteiger partial charge in [0.2, 0.25) is 0 Å². The average Bonchev–Trinajstić information content (AvgIpc) is 3.32. The van der Waals surface area contributed by atoms with Crippen LogP contribution < -0.4 is 0 Å². The van der Waals surface area contributed by atoms with Gasteiger partial charge in [0.05, 0.1) is 23.2 Å². The number of carbonyl (C=O) groups is 1. The van der Waals surface area contributed by atoms with Crippen LogP contribution in [0.15, 0.2) is 40.1 Å². The van der Waals surface area contributed by atoms with Crippen molar-refractivity contribution in [2.24, 2.45) is 5.10 Å². The molecule has 6 heteroatoms. The molecular formula is C17H21N3OS2. The van der Waals surface area contributed by atoms with E-state index in [0.717, 1.165) is 30.1 Å². The molecule has 0 saturated carbocycles. The first-order chi connectivity index (χ1) is 11.2. The number of thiophene rings is 2. The summed E-state index contributed by atoms with van der Waals surface area (Å²) in [6.07, 6.45) is 0.797. The van der Waals surface area contributed by atoms with Gasteiger partial charge in [-0.15, -0.1) is 22.7 Å². The number of nitrogens with zero attached hydrogens (tertiary/aromatic N) is 3. The van der Waals surface area contributed by atoms with Crippen molar-refractivity contribution in [1.29, 1.82) is 0 Å². The van der Waals surface area contributed by atoms with Crippen molar-refractivity contribution in [3.8, 4) is 0 Å². The van der Waals surface area contributed by atoms with Crippen LogP contribution in [0.3, 0.4) is 0 Å². The Morgan fingerprint density at radius 1 is 1.26 bits per heavy atom. The molecule has 1 amide bonds. The smallest absolute Gasteiger partial charge is 0.257 e. The maximum atomic E-state index is 12.8. The summed E-state index contributed by atoms with van der Waals surface area (Å²) < 4.78 is 0. The number of hydrogen-bond donors (Lipinski definition) is 0. The number of hydrogen-bond acceptors (Lipinski definition) is 5. The molecule has 3 rings (SSSR count). The van der Waals surface area contributed by atoms with E-state index in [4.69, 9.17) is 0 Å². The summed E-state index contributed by atoms with van der Waals surface area (Å²) in [5.74, 6) is 0.0821. The van der Waals surface area contributed by atoms with Gasteiger partial charge in [0.25, 0.3) is 5.91 Å². The van der Waals surface area contributed by atoms with Gasteiger partial charge in [-0.3, -0.25) is 9.69 Å². The summed E-state index contributed by atoms with van der Waals surface area (Å²) in [4.78, 5) is 17.3. The molecular weight excluding hydrogens is 326 g/mol. The fourth-order valence-corrected chi connectivity index (χ4v) is 4.28. The zero-order chi connectivity index (χ0) is 16.2. The Bertz CT molecular complexity index is 660. The quantitative estimate of drug-likeness (QED) is 0.796. The van der Waals surface area contributed by atoms with E-state index in [1.807, 2.05) is 12.1 Å². The molecule has 0 aliphatic carbocycles. The highest BCUT2D eigenvalue weighted by atomic mass is 32.1. The number of rotatable bonds is 6. The Morgan fingerprint density at radius 2 is 2.00 bits per heavy atom. The summed E-state index contributed by atoms with van der Waals surface area (Å²) in [5.41, 5.74) is 1.02. The van der Waals surface area contributed by atoms with Gasteiger partial charge < -0.3 is 0 Å². The molecule has 1 aliphatic rings. The third-order valence-corrected chi connectivity index (χ3v) is 5.99. The molecule has 0 fully saturated rings. The van der Waals surface area contributed by atoms with E-state index in [1.54, 1.807) is 27.7 Å². The highest BCUT2D eigenvalue weighted by Crippen LogP contribution is 2.35. The number of hydrazone groups is 1. The molecule has 1 unspecified atom stereocenters. The first-order valence-corrected chi connectivity index (χ1v) is 9.68. The van der Waals surface area contributed by atoms with Gasteiger partial charge in [0, 0.05) is 11.3 Å². The van der Waals surface area contributed by atoms with E-state index in [9.17, 15) is 4.79 Å². The summed E-state index contributed by atoms with van der Waals surface area (Å²) >= 11 is 3.37. The Labute approximate surface area is 145 Å². The summed E-state index contributed by atoms with van der Waals surface area (Å²) in [5, 5.41) is 10.5. The zero-order valence-corrected chi connectivity index (χ0v) is 15.1. The van der Waals surface area contributed by atoms with E-state index < -0.39 is 0 Å². The molecule has 0 aromatic carbocycles. The van der Waals surface area contributed by atoms with Gasteiger partial charge in [-0.05, 0) is 36.0 Å². The Morgan fingerprint density at radius 3 is 2.61 bits per heavy atom. The van der Waals surface area contributed by atoms with Gasteiger partial charge in [-0.1, -0.05) is 26.0 Å². The van der Waals surface area contributed by atoms with E-state index in [0.29, 0.717) is 6.54 Å². The standard InChI is InChI=1S/C17H21N3OS2/c1-3-19(4-2)12-17(21)20-14(16-8-6-10-23-16)11-13(18-20)15-7-5-9-22-15/h5-10,14H,3-4,11-12H2,1-2H3. The van der Waals surface area contributed by atoms with Crippen molar-refractivity contribution in [2.45, 2.75) is 26.3 Å². The van der Waals surface area contributed by atoms with Crippen LogP contribution in [0.25, 0.3) is 0 Å². The molecule has 0 bridgehead atoms. The van der Waals surface area contributed by atoms with Gasteiger partial charge in [-0.2, -0.15) is 5.10 Å². The second-order valence-corrected chi connectivity index (χ2v) is 7.39. The van der Waals surface area contributed by atoms with Crippen LogP contribution in [0.1, 0.15) is 36.1 Å². The monoisotopic (exact) mass is 347 g/mol. The van der Waals surface area contributed by atoms with Crippen LogP contribution in [0, 0.1) is 0 Å². The number of likely N-dealkylation sites (N-methyl/N-ethyl adjacent to an activating group) is 1. The number of amides is 1. The predicted molar refractivity (Wildman–Crippen MR) is 97.2 cm³/mol. The van der Waals surface area contributed by atoms with Gasteiger partial charge in [0.15, 0.2) is 0 Å². The highest BCUT2D eigenvalue weighted by molar-refractivity contribution is 7.12. The molecule has 0 radical (unpaired) electrons. The minimum absolute atomic E-state index is 0.0372. The van der Waals surface area contributed by atoms with Gasteiger partial charge in [-0.25, -0.2) is 5.01 Å². The molecule has 3 heterocycles. The average molecular weight is 348 g/mol. The molecule has 122 valence electrons. The minimum Gasteiger partial charge on any atom is -0.295 e. The number of carbonyl (C=O) groups excluding carboxylic acids is 1. The van der Waals surface area contributed by atoms with E-state index in [1.165, 1.54) is 4.88 Å². The van der Waals surface area contributed by atoms with Crippen LogP contribution in [-0.2, 0) is 4.79 Å². The molecule has 4 nitrogen and oxygen atoms in total. The first kappa shape index (κ1) is 16.4. The molecule has 0 N–H and O–H groups in total. The van der Waals surface area contributed by atoms with E-state index in [2.05, 4.69) is 46.7 Å². The van der Waals surface area contributed by atoms with Gasteiger partial charge >= 0.3 is 0 Å². The normalized spacial score (nSPS) is 17.8. The predicted octanol–water partition coefficient (Wildman–Crippen LogP) is 3.83.